The predicted octanol–water partition coefficient (Wildman–Crippen LogP) is 2.99. The molecule has 0 unspecified atom stereocenters. The minimum Gasteiger partial charge on any atom is -0.278 e. The van der Waals surface area contributed by atoms with Gasteiger partial charge in [-0.1, -0.05) is 30.3 Å². The van der Waals surface area contributed by atoms with Crippen LogP contribution in [0.1, 0.15) is 12.5 Å². The van der Waals surface area contributed by atoms with Crippen molar-refractivity contribution in [2.75, 3.05) is 5.43 Å². The molecule has 14 heavy (non-hydrogen) atoms. The van der Waals surface area contributed by atoms with Crippen molar-refractivity contribution in [3.8, 4) is 0 Å². The zero-order valence-electron chi connectivity index (χ0n) is 7.91. The molecule has 0 spiro atoms. The Bertz CT molecular complexity index is 536. The van der Waals surface area contributed by atoms with Crippen LogP contribution in [0.5, 0.6) is 0 Å². The molecule has 0 fully saturated rings. The molecular formula is C12H10N2. The first-order valence-electron chi connectivity index (χ1n) is 4.69. The van der Waals surface area contributed by atoms with Crippen molar-refractivity contribution >= 4 is 22.2 Å². The summed E-state index contributed by atoms with van der Waals surface area (Å²) < 4.78 is 0. The van der Waals surface area contributed by atoms with Crippen LogP contribution in [0.4, 0.5) is 5.69 Å². The normalized spacial score (nSPS) is 13.6. The molecule has 0 radical (unpaired) electrons. The van der Waals surface area contributed by atoms with Gasteiger partial charge in [0, 0.05) is 10.9 Å². The lowest BCUT2D eigenvalue weighted by atomic mass is 9.99. The molecular weight excluding hydrogens is 172 g/mol. The molecule has 2 nitrogen and oxygen atoms in total. The van der Waals surface area contributed by atoms with Gasteiger partial charge in [-0.15, -0.1) is 0 Å². The van der Waals surface area contributed by atoms with E-state index in [0.29, 0.717) is 0 Å². The second-order valence-corrected chi connectivity index (χ2v) is 3.52. The summed E-state index contributed by atoms with van der Waals surface area (Å²) in [4.78, 5) is 0. The number of benzene rings is 2. The molecule has 0 atom stereocenters. The van der Waals surface area contributed by atoms with E-state index in [1.165, 1.54) is 16.3 Å². The molecule has 0 saturated heterocycles. The van der Waals surface area contributed by atoms with Gasteiger partial charge in [-0.05, 0) is 18.4 Å². The van der Waals surface area contributed by atoms with E-state index < -0.39 is 0 Å². The van der Waals surface area contributed by atoms with Crippen molar-refractivity contribution in [1.82, 2.24) is 0 Å². The Hall–Kier alpha value is -1.83. The summed E-state index contributed by atoms with van der Waals surface area (Å²) in [5.74, 6) is 0. The van der Waals surface area contributed by atoms with Crippen LogP contribution in [0.15, 0.2) is 41.5 Å². The molecule has 0 aliphatic carbocycles. The third kappa shape index (κ3) is 0.880. The van der Waals surface area contributed by atoms with Crippen LogP contribution in [0.25, 0.3) is 10.8 Å². The first-order chi connectivity index (χ1) is 6.86. The highest BCUT2D eigenvalue weighted by molar-refractivity contribution is 6.15. The minimum absolute atomic E-state index is 1.05. The number of anilines is 1. The fourth-order valence-electron chi connectivity index (χ4n) is 1.94. The molecule has 1 heterocycles. The molecule has 0 aromatic heterocycles. The Kier molecular flexibility index (Phi) is 1.39. The fourth-order valence-corrected chi connectivity index (χ4v) is 1.94. The highest BCUT2D eigenvalue weighted by atomic mass is 15.3. The number of hydrogen-bond donors (Lipinski definition) is 1. The monoisotopic (exact) mass is 182 g/mol. The van der Waals surface area contributed by atoms with E-state index in [2.05, 4.69) is 40.9 Å². The quantitative estimate of drug-likeness (QED) is 0.665. The Morgan fingerprint density at radius 1 is 1.07 bits per heavy atom. The van der Waals surface area contributed by atoms with Crippen molar-refractivity contribution in [2.45, 2.75) is 6.92 Å². The van der Waals surface area contributed by atoms with E-state index in [9.17, 15) is 0 Å². The smallest absolute Gasteiger partial charge is 0.0655 e. The van der Waals surface area contributed by atoms with E-state index in [0.717, 1.165) is 11.4 Å². The molecule has 0 saturated carbocycles. The second-order valence-electron chi connectivity index (χ2n) is 3.52. The lowest BCUT2D eigenvalue weighted by Crippen LogP contribution is -2.06. The summed E-state index contributed by atoms with van der Waals surface area (Å²) in [7, 11) is 0. The summed E-state index contributed by atoms with van der Waals surface area (Å²) in [6, 6.07) is 12.6. The molecule has 0 bridgehead atoms. The van der Waals surface area contributed by atoms with Crippen LogP contribution in [-0.4, -0.2) is 5.71 Å². The summed E-state index contributed by atoms with van der Waals surface area (Å²) >= 11 is 0. The molecule has 2 heteroatoms. The molecule has 68 valence electrons. The van der Waals surface area contributed by atoms with Gasteiger partial charge >= 0.3 is 0 Å². The highest BCUT2D eigenvalue weighted by Gasteiger charge is 2.11. The van der Waals surface area contributed by atoms with Crippen molar-refractivity contribution in [1.29, 1.82) is 0 Å². The first kappa shape index (κ1) is 7.56. The van der Waals surface area contributed by atoms with Gasteiger partial charge in [0.15, 0.2) is 0 Å². The van der Waals surface area contributed by atoms with Gasteiger partial charge in [-0.2, -0.15) is 5.10 Å². The van der Waals surface area contributed by atoms with Crippen LogP contribution < -0.4 is 5.43 Å². The van der Waals surface area contributed by atoms with Gasteiger partial charge in [0.1, 0.15) is 0 Å². The Labute approximate surface area is 82.3 Å². The van der Waals surface area contributed by atoms with Crippen molar-refractivity contribution in [3.63, 3.8) is 0 Å². The van der Waals surface area contributed by atoms with Crippen LogP contribution in [0.2, 0.25) is 0 Å². The third-order valence-electron chi connectivity index (χ3n) is 2.64. The molecule has 2 aromatic carbocycles. The van der Waals surface area contributed by atoms with E-state index in [1.807, 2.05) is 13.0 Å². The largest absolute Gasteiger partial charge is 0.278 e. The molecule has 0 amide bonds. The van der Waals surface area contributed by atoms with Crippen LogP contribution in [-0.2, 0) is 0 Å². The Morgan fingerprint density at radius 2 is 1.86 bits per heavy atom. The molecule has 1 aliphatic rings. The van der Waals surface area contributed by atoms with Crippen molar-refractivity contribution in [2.24, 2.45) is 5.10 Å². The average Bonchev–Trinajstić information content (AvgIpc) is 2.24. The Morgan fingerprint density at radius 3 is 2.71 bits per heavy atom. The van der Waals surface area contributed by atoms with Crippen LogP contribution >= 0.6 is 0 Å². The molecule has 3 rings (SSSR count). The molecule has 1 N–H and O–H groups in total. The summed E-state index contributed by atoms with van der Waals surface area (Å²) in [6.07, 6.45) is 0. The standard InChI is InChI=1S/C12H10N2/c1-8-10-6-2-4-9-5-3-7-11(12(9)10)14-13-8/h2-7,14H,1H3. The fraction of sp³-hybridized carbons (Fsp3) is 0.0833. The van der Waals surface area contributed by atoms with Gasteiger partial charge in [-0.25, -0.2) is 0 Å². The zero-order valence-corrected chi connectivity index (χ0v) is 7.91. The average molecular weight is 182 g/mol. The van der Waals surface area contributed by atoms with Crippen molar-refractivity contribution < 1.29 is 0 Å². The highest BCUT2D eigenvalue weighted by Crippen LogP contribution is 2.30. The van der Waals surface area contributed by atoms with Gasteiger partial charge in [0.2, 0.25) is 0 Å². The minimum atomic E-state index is 1.05. The van der Waals surface area contributed by atoms with Crippen LogP contribution in [0, 0.1) is 0 Å². The summed E-state index contributed by atoms with van der Waals surface area (Å²) in [6.45, 7) is 2.03. The molecule has 1 aliphatic heterocycles. The Balaban J connectivity index is 2.52. The van der Waals surface area contributed by atoms with E-state index in [-0.39, 0.29) is 0 Å². The first-order valence-corrected chi connectivity index (χ1v) is 4.69. The third-order valence-corrected chi connectivity index (χ3v) is 2.64. The number of hydrogen-bond acceptors (Lipinski definition) is 2. The van der Waals surface area contributed by atoms with E-state index in [4.69, 9.17) is 0 Å². The maximum absolute atomic E-state index is 4.26. The summed E-state index contributed by atoms with van der Waals surface area (Å²) in [5, 5.41) is 6.81. The van der Waals surface area contributed by atoms with Crippen molar-refractivity contribution in [3.05, 3.63) is 42.0 Å². The number of nitrogens with one attached hydrogen (secondary N) is 1. The maximum Gasteiger partial charge on any atom is 0.0655 e. The second kappa shape index (κ2) is 2.58. The number of hydrazone groups is 1. The summed E-state index contributed by atoms with van der Waals surface area (Å²) in [5.41, 5.74) is 6.45. The number of rotatable bonds is 0. The SMILES string of the molecule is CC1=NNc2cccc3cccc1c23. The van der Waals surface area contributed by atoms with E-state index >= 15 is 0 Å². The van der Waals surface area contributed by atoms with Gasteiger partial charge in [0.05, 0.1) is 11.4 Å². The lowest BCUT2D eigenvalue weighted by Gasteiger charge is -2.15. The van der Waals surface area contributed by atoms with Crippen LogP contribution in [0.3, 0.4) is 0 Å². The molecule has 2 aromatic rings. The maximum atomic E-state index is 4.26. The zero-order chi connectivity index (χ0) is 9.54. The van der Waals surface area contributed by atoms with Gasteiger partial charge in [0.25, 0.3) is 0 Å². The van der Waals surface area contributed by atoms with E-state index in [1.54, 1.807) is 0 Å². The number of nitrogens with zero attached hydrogens (tertiary/aromatic N) is 1. The van der Waals surface area contributed by atoms with Gasteiger partial charge in [-0.3, -0.25) is 5.43 Å². The lowest BCUT2D eigenvalue weighted by molar-refractivity contribution is 1.31. The topological polar surface area (TPSA) is 24.4 Å². The van der Waals surface area contributed by atoms with Gasteiger partial charge < -0.3 is 0 Å². The predicted molar refractivity (Wildman–Crippen MR) is 59.8 cm³/mol.